The number of ether oxygens (including phenoxy) is 1. The number of halogens is 6. The maximum absolute atomic E-state index is 13.8. The molecule has 9 heteroatoms. The lowest BCUT2D eigenvalue weighted by molar-refractivity contribution is -0.142. The van der Waals surface area contributed by atoms with Gasteiger partial charge in [-0.15, -0.1) is 0 Å². The van der Waals surface area contributed by atoms with Gasteiger partial charge in [0.1, 0.15) is 0 Å². The monoisotopic (exact) mass is 513 g/mol. The summed E-state index contributed by atoms with van der Waals surface area (Å²) in [5.74, 6) is -0.610. The molecule has 5 rings (SSSR count). The van der Waals surface area contributed by atoms with Crippen molar-refractivity contribution in [2.24, 2.45) is 0 Å². The van der Waals surface area contributed by atoms with E-state index < -0.39 is 29.4 Å². The van der Waals surface area contributed by atoms with Crippen LogP contribution >= 0.6 is 0 Å². The Bertz CT molecular complexity index is 1720. The number of nitrogens with two attached hydrogens (primary N) is 1. The number of alkyl halides is 6. The highest BCUT2D eigenvalue weighted by Gasteiger charge is 2.38. The van der Waals surface area contributed by atoms with E-state index in [2.05, 4.69) is 0 Å². The number of rotatable bonds is 2. The van der Waals surface area contributed by atoms with E-state index in [1.807, 2.05) is 0 Å². The Balaban J connectivity index is 1.84. The highest BCUT2D eigenvalue weighted by molar-refractivity contribution is 6.27. The highest BCUT2D eigenvalue weighted by atomic mass is 19.4. The van der Waals surface area contributed by atoms with Crippen molar-refractivity contribution >= 4 is 44.0 Å². The molecular formula is C28H17F6NO2. The van der Waals surface area contributed by atoms with Gasteiger partial charge in [0.25, 0.3) is 0 Å². The summed E-state index contributed by atoms with van der Waals surface area (Å²) in [5, 5.41) is 3.99. The molecule has 0 bridgehead atoms. The van der Waals surface area contributed by atoms with Crippen LogP contribution in [-0.4, -0.2) is 13.1 Å². The number of hydrogen-bond donors (Lipinski definition) is 1. The molecule has 0 amide bonds. The molecule has 0 heterocycles. The smallest absolute Gasteiger partial charge is 0.417 e. The fraction of sp³-hybridized carbons (Fsp3) is 0.107. The number of hydrogen-bond acceptors (Lipinski definition) is 3. The number of methoxy groups -OCH3 is 1. The van der Waals surface area contributed by atoms with Gasteiger partial charge in [-0.2, -0.15) is 26.3 Å². The third kappa shape index (κ3) is 4.10. The zero-order valence-corrected chi connectivity index (χ0v) is 19.1. The Morgan fingerprint density at radius 3 is 1.89 bits per heavy atom. The summed E-state index contributed by atoms with van der Waals surface area (Å²) in [7, 11) is 1.24. The summed E-state index contributed by atoms with van der Waals surface area (Å²) >= 11 is 0. The van der Waals surface area contributed by atoms with Crippen molar-refractivity contribution in [3.05, 3.63) is 89.5 Å². The van der Waals surface area contributed by atoms with Crippen LogP contribution in [0.1, 0.15) is 21.5 Å². The topological polar surface area (TPSA) is 52.3 Å². The van der Waals surface area contributed by atoms with Gasteiger partial charge < -0.3 is 10.5 Å². The van der Waals surface area contributed by atoms with Crippen LogP contribution in [0.25, 0.3) is 43.4 Å². The van der Waals surface area contributed by atoms with Crippen LogP contribution in [0, 0.1) is 0 Å². The second-order valence-corrected chi connectivity index (χ2v) is 8.54. The SMILES string of the molecule is COC(=O)c1cc2c3ccccc3c3cc(-c4ccc(C(F)(F)F)cc4C(F)(F)F)ccc3c2cc1N. The van der Waals surface area contributed by atoms with Crippen LogP contribution < -0.4 is 5.73 Å². The van der Waals surface area contributed by atoms with Crippen molar-refractivity contribution in [2.75, 3.05) is 12.8 Å². The van der Waals surface area contributed by atoms with Crippen LogP contribution in [0.5, 0.6) is 0 Å². The molecule has 2 N–H and O–H groups in total. The maximum Gasteiger partial charge on any atom is 0.417 e. The molecule has 37 heavy (non-hydrogen) atoms. The standard InChI is InChI=1S/C28H17F6NO2/c1-37-26(36)23-12-21-18-5-3-2-4-17(18)20-10-14(6-8-19(20)22(21)13-25(23)35)16-9-7-15(27(29,30)31)11-24(16)28(32,33)34/h2-13H,35H2,1H3. The van der Waals surface area contributed by atoms with Crippen molar-refractivity contribution in [3.8, 4) is 11.1 Å². The second kappa shape index (κ2) is 8.40. The molecule has 188 valence electrons. The number of nitrogen functional groups attached to an aromatic ring is 1. The number of carbonyl (C=O) groups is 1. The van der Waals surface area contributed by atoms with Gasteiger partial charge in [0.15, 0.2) is 0 Å². The van der Waals surface area contributed by atoms with E-state index in [1.54, 1.807) is 42.5 Å². The summed E-state index contributed by atoms with van der Waals surface area (Å²) in [6.07, 6.45) is -9.92. The molecular weight excluding hydrogens is 496 g/mol. The predicted molar refractivity (Wildman–Crippen MR) is 130 cm³/mol. The van der Waals surface area contributed by atoms with Gasteiger partial charge in [-0.05, 0) is 73.8 Å². The highest BCUT2D eigenvalue weighted by Crippen LogP contribution is 2.43. The van der Waals surface area contributed by atoms with Crippen LogP contribution in [0.4, 0.5) is 32.0 Å². The number of benzene rings is 5. The molecule has 0 saturated carbocycles. The average molecular weight is 513 g/mol. The molecule has 0 aliphatic rings. The van der Waals surface area contributed by atoms with Crippen LogP contribution in [0.15, 0.2) is 72.8 Å². The average Bonchev–Trinajstić information content (AvgIpc) is 2.86. The van der Waals surface area contributed by atoms with E-state index in [1.165, 1.54) is 19.2 Å². The molecule has 0 unspecified atom stereocenters. The molecule has 0 radical (unpaired) electrons. The van der Waals surface area contributed by atoms with Gasteiger partial charge in [0.05, 0.1) is 23.8 Å². The normalized spacial score (nSPS) is 12.4. The molecule has 0 aromatic heterocycles. The fourth-order valence-electron chi connectivity index (χ4n) is 4.68. The largest absolute Gasteiger partial charge is 0.465 e. The third-order valence-corrected chi connectivity index (χ3v) is 6.38. The van der Waals surface area contributed by atoms with Crippen LogP contribution in [0.3, 0.4) is 0 Å². The minimum absolute atomic E-state index is 0.109. The molecule has 5 aromatic carbocycles. The molecule has 0 aliphatic carbocycles. The Labute approximate surface area is 206 Å². The Morgan fingerprint density at radius 1 is 0.703 bits per heavy atom. The van der Waals surface area contributed by atoms with Crippen LogP contribution in [-0.2, 0) is 17.1 Å². The molecule has 0 aliphatic heterocycles. The molecule has 3 nitrogen and oxygen atoms in total. The van der Waals surface area contributed by atoms with Crippen molar-refractivity contribution in [1.82, 2.24) is 0 Å². The number of esters is 1. The number of carbonyl (C=O) groups excluding carboxylic acids is 1. The van der Waals surface area contributed by atoms with E-state index in [9.17, 15) is 31.1 Å². The fourth-order valence-corrected chi connectivity index (χ4v) is 4.68. The lowest BCUT2D eigenvalue weighted by atomic mass is 9.89. The van der Waals surface area contributed by atoms with E-state index in [0.29, 0.717) is 33.0 Å². The third-order valence-electron chi connectivity index (χ3n) is 6.38. The first-order chi connectivity index (χ1) is 17.4. The van der Waals surface area contributed by atoms with Crippen molar-refractivity contribution in [2.45, 2.75) is 12.4 Å². The van der Waals surface area contributed by atoms with E-state index in [4.69, 9.17) is 10.5 Å². The lowest BCUT2D eigenvalue weighted by Crippen LogP contribution is -2.12. The molecule has 5 aromatic rings. The van der Waals surface area contributed by atoms with Gasteiger partial charge >= 0.3 is 18.3 Å². The van der Waals surface area contributed by atoms with Gasteiger partial charge in [-0.25, -0.2) is 4.79 Å². The zero-order valence-electron chi connectivity index (χ0n) is 19.1. The number of anilines is 1. The predicted octanol–water partition coefficient (Wildman–Crippen LogP) is 8.22. The Morgan fingerprint density at radius 2 is 1.30 bits per heavy atom. The zero-order chi connectivity index (χ0) is 26.7. The first kappa shape index (κ1) is 24.4. The van der Waals surface area contributed by atoms with E-state index in [0.717, 1.165) is 11.5 Å². The summed E-state index contributed by atoms with van der Waals surface area (Å²) in [4.78, 5) is 12.2. The van der Waals surface area contributed by atoms with E-state index >= 15 is 0 Å². The minimum atomic E-state index is -5.00. The van der Waals surface area contributed by atoms with Gasteiger partial charge in [-0.1, -0.05) is 42.5 Å². The molecule has 0 fully saturated rings. The number of fused-ring (bicyclic) bond motifs is 6. The molecule has 0 atom stereocenters. The van der Waals surface area contributed by atoms with Crippen molar-refractivity contribution in [1.29, 1.82) is 0 Å². The van der Waals surface area contributed by atoms with Gasteiger partial charge in [-0.3, -0.25) is 0 Å². The molecule has 0 saturated heterocycles. The first-order valence-electron chi connectivity index (χ1n) is 10.9. The van der Waals surface area contributed by atoms with Crippen molar-refractivity contribution < 1.29 is 35.9 Å². The first-order valence-corrected chi connectivity index (χ1v) is 10.9. The van der Waals surface area contributed by atoms with Crippen LogP contribution in [0.2, 0.25) is 0 Å². The lowest BCUT2D eigenvalue weighted by Gasteiger charge is -2.18. The Hall–Kier alpha value is -4.27. The van der Waals surface area contributed by atoms with Gasteiger partial charge in [0, 0.05) is 5.69 Å². The minimum Gasteiger partial charge on any atom is -0.465 e. The summed E-state index contributed by atoms with van der Waals surface area (Å²) in [6, 6.07) is 16.5. The summed E-state index contributed by atoms with van der Waals surface area (Å²) < 4.78 is 85.8. The molecule has 0 spiro atoms. The Kier molecular flexibility index (Phi) is 5.54. The van der Waals surface area contributed by atoms with E-state index in [-0.39, 0.29) is 28.4 Å². The quantitative estimate of drug-likeness (QED) is 0.112. The van der Waals surface area contributed by atoms with Crippen molar-refractivity contribution in [3.63, 3.8) is 0 Å². The second-order valence-electron chi connectivity index (χ2n) is 8.54. The van der Waals surface area contributed by atoms with Gasteiger partial charge in [0.2, 0.25) is 0 Å². The summed E-state index contributed by atoms with van der Waals surface area (Å²) in [6.45, 7) is 0. The summed E-state index contributed by atoms with van der Waals surface area (Å²) in [5.41, 5.74) is 3.45. The maximum atomic E-state index is 13.8.